The van der Waals surface area contributed by atoms with Crippen molar-refractivity contribution in [2.24, 2.45) is 5.73 Å². The monoisotopic (exact) mass is 326 g/mol. The Kier molecular flexibility index (Phi) is 4.25. The van der Waals surface area contributed by atoms with E-state index in [4.69, 9.17) is 28.9 Å². The first kappa shape index (κ1) is 15.8. The molecule has 0 unspecified atom stereocenters. The summed E-state index contributed by atoms with van der Waals surface area (Å²) in [6.07, 6.45) is -0.00955. The number of rotatable bonds is 3. The lowest BCUT2D eigenvalue weighted by molar-refractivity contribution is -0.117. The minimum Gasteiger partial charge on any atom is -0.369 e. The Morgan fingerprint density at radius 2 is 1.81 bits per heavy atom. The summed E-state index contributed by atoms with van der Waals surface area (Å²) in [5.74, 6) is 0.503. The summed E-state index contributed by atoms with van der Waals surface area (Å²) in [5.41, 5.74) is 5.64. The van der Waals surface area contributed by atoms with E-state index >= 15 is 0 Å². The zero-order valence-electron chi connectivity index (χ0n) is 12.0. The van der Waals surface area contributed by atoms with Crippen LogP contribution in [0.4, 0.5) is 0 Å². The second-order valence-electron chi connectivity index (χ2n) is 5.74. The maximum absolute atomic E-state index is 11.1. The molecule has 112 valence electrons. The molecule has 7 heteroatoms. The van der Waals surface area contributed by atoms with E-state index in [-0.39, 0.29) is 12.0 Å². The summed E-state index contributed by atoms with van der Waals surface area (Å²) in [4.78, 5) is 15.5. The molecule has 0 aliphatic heterocycles. The summed E-state index contributed by atoms with van der Waals surface area (Å²) >= 11 is 12.1. The lowest BCUT2D eigenvalue weighted by atomic mass is 10.1. The Morgan fingerprint density at radius 1 is 1.24 bits per heavy atom. The molecule has 0 spiro atoms. The number of aromatic nitrogens is 3. The van der Waals surface area contributed by atoms with Gasteiger partial charge in [-0.15, -0.1) is 0 Å². The second-order valence-corrected chi connectivity index (χ2v) is 6.61. The minimum atomic E-state index is -0.475. The molecule has 2 aromatic rings. The van der Waals surface area contributed by atoms with Gasteiger partial charge >= 0.3 is 0 Å². The minimum absolute atomic E-state index is 0.00955. The van der Waals surface area contributed by atoms with E-state index in [0.29, 0.717) is 21.7 Å². The first-order chi connectivity index (χ1) is 9.66. The molecule has 1 aromatic heterocycles. The van der Waals surface area contributed by atoms with Gasteiger partial charge in [0.15, 0.2) is 11.6 Å². The van der Waals surface area contributed by atoms with Crippen molar-refractivity contribution in [3.63, 3.8) is 0 Å². The molecule has 2 N–H and O–H groups in total. The highest BCUT2D eigenvalue weighted by molar-refractivity contribution is 6.35. The van der Waals surface area contributed by atoms with Gasteiger partial charge in [-0.1, -0.05) is 23.2 Å². The Bertz CT molecular complexity index is 669. The summed E-state index contributed by atoms with van der Waals surface area (Å²) in [6.45, 7) is 5.97. The predicted molar refractivity (Wildman–Crippen MR) is 83.4 cm³/mol. The number of hydrogen-bond acceptors (Lipinski definition) is 3. The fourth-order valence-electron chi connectivity index (χ4n) is 1.92. The van der Waals surface area contributed by atoms with Crippen LogP contribution < -0.4 is 5.73 Å². The highest BCUT2D eigenvalue weighted by atomic mass is 35.5. The van der Waals surface area contributed by atoms with Crippen LogP contribution in [0, 0.1) is 0 Å². The number of amides is 1. The van der Waals surface area contributed by atoms with Crippen molar-refractivity contribution in [3.05, 3.63) is 34.1 Å². The smallest absolute Gasteiger partial charge is 0.225 e. The molecule has 0 saturated heterocycles. The zero-order valence-corrected chi connectivity index (χ0v) is 13.5. The van der Waals surface area contributed by atoms with Crippen LogP contribution in [0.2, 0.25) is 10.0 Å². The Labute approximate surface area is 133 Å². The van der Waals surface area contributed by atoms with Gasteiger partial charge in [-0.25, -0.2) is 9.67 Å². The number of nitrogens with two attached hydrogens (primary N) is 1. The van der Waals surface area contributed by atoms with E-state index in [2.05, 4.69) is 10.1 Å². The quantitative estimate of drug-likeness (QED) is 0.941. The van der Waals surface area contributed by atoms with Crippen LogP contribution in [-0.2, 0) is 16.8 Å². The van der Waals surface area contributed by atoms with Crippen LogP contribution in [0.5, 0.6) is 0 Å². The van der Waals surface area contributed by atoms with Gasteiger partial charge in [0, 0.05) is 15.6 Å². The van der Waals surface area contributed by atoms with Gasteiger partial charge in [-0.05, 0) is 39.0 Å². The molecule has 1 aromatic carbocycles. The number of carbonyl (C=O) groups is 1. The van der Waals surface area contributed by atoms with E-state index in [1.54, 1.807) is 22.9 Å². The lowest BCUT2D eigenvalue weighted by Gasteiger charge is -2.21. The van der Waals surface area contributed by atoms with Crippen LogP contribution in [0.15, 0.2) is 18.2 Å². The maximum Gasteiger partial charge on any atom is 0.225 e. The number of halogens is 2. The van der Waals surface area contributed by atoms with Crippen LogP contribution in [-0.4, -0.2) is 20.7 Å². The van der Waals surface area contributed by atoms with Gasteiger partial charge in [0.2, 0.25) is 5.91 Å². The standard InChI is InChI=1S/C14H16Cl2N4O/c1-14(2,3)20-13(18-12(19-20)7-11(17)21)8-4-9(15)6-10(16)5-8/h4-6H,7H2,1-3H3,(H2,17,21). The molecule has 0 atom stereocenters. The predicted octanol–water partition coefficient (Wildman–Crippen LogP) is 3.03. The molecule has 1 amide bonds. The molecular formula is C14H16Cl2N4O. The third-order valence-corrected chi connectivity index (χ3v) is 3.18. The fourth-order valence-corrected chi connectivity index (χ4v) is 2.45. The average molecular weight is 327 g/mol. The van der Waals surface area contributed by atoms with E-state index in [1.165, 1.54) is 0 Å². The molecule has 0 radical (unpaired) electrons. The van der Waals surface area contributed by atoms with Gasteiger partial charge in [0.1, 0.15) is 0 Å². The van der Waals surface area contributed by atoms with E-state index in [9.17, 15) is 4.79 Å². The molecule has 0 fully saturated rings. The molecule has 0 aliphatic rings. The van der Waals surface area contributed by atoms with Gasteiger partial charge in [0.05, 0.1) is 12.0 Å². The third-order valence-electron chi connectivity index (χ3n) is 2.74. The first-order valence-corrected chi connectivity index (χ1v) is 7.13. The van der Waals surface area contributed by atoms with Crippen molar-refractivity contribution in [3.8, 4) is 11.4 Å². The maximum atomic E-state index is 11.1. The summed E-state index contributed by atoms with van der Waals surface area (Å²) in [7, 11) is 0. The van der Waals surface area contributed by atoms with Crippen molar-refractivity contribution < 1.29 is 4.79 Å². The normalized spacial score (nSPS) is 11.7. The van der Waals surface area contributed by atoms with Crippen molar-refractivity contribution in [2.75, 3.05) is 0 Å². The highest BCUT2D eigenvalue weighted by Crippen LogP contribution is 2.29. The summed E-state index contributed by atoms with van der Waals surface area (Å²) in [5, 5.41) is 5.40. The Morgan fingerprint density at radius 3 is 2.29 bits per heavy atom. The topological polar surface area (TPSA) is 73.8 Å². The Balaban J connectivity index is 2.60. The summed E-state index contributed by atoms with van der Waals surface area (Å²) < 4.78 is 1.74. The van der Waals surface area contributed by atoms with Crippen molar-refractivity contribution in [2.45, 2.75) is 32.7 Å². The van der Waals surface area contributed by atoms with Gasteiger partial charge in [0.25, 0.3) is 0 Å². The number of carbonyl (C=O) groups excluding carboxylic acids is 1. The van der Waals surface area contributed by atoms with Gasteiger partial charge in [-0.2, -0.15) is 5.10 Å². The van der Waals surface area contributed by atoms with Crippen LogP contribution in [0.25, 0.3) is 11.4 Å². The molecular weight excluding hydrogens is 311 g/mol. The van der Waals surface area contributed by atoms with E-state index < -0.39 is 5.91 Å². The zero-order chi connectivity index (χ0) is 15.8. The number of nitrogens with zero attached hydrogens (tertiary/aromatic N) is 3. The summed E-state index contributed by atoms with van der Waals surface area (Å²) in [6, 6.07) is 5.16. The SMILES string of the molecule is CC(C)(C)n1nc(CC(N)=O)nc1-c1cc(Cl)cc(Cl)c1. The van der Waals surface area contributed by atoms with Crippen LogP contribution >= 0.6 is 23.2 Å². The van der Waals surface area contributed by atoms with E-state index in [0.717, 1.165) is 5.56 Å². The number of hydrogen-bond donors (Lipinski definition) is 1. The molecule has 0 saturated carbocycles. The Hall–Kier alpha value is -1.59. The lowest BCUT2D eigenvalue weighted by Crippen LogP contribution is -2.24. The van der Waals surface area contributed by atoms with Crippen LogP contribution in [0.1, 0.15) is 26.6 Å². The molecule has 21 heavy (non-hydrogen) atoms. The molecule has 2 rings (SSSR count). The molecule has 0 bridgehead atoms. The third kappa shape index (κ3) is 3.74. The van der Waals surface area contributed by atoms with Crippen molar-refractivity contribution in [1.82, 2.24) is 14.8 Å². The number of primary amides is 1. The van der Waals surface area contributed by atoms with E-state index in [1.807, 2.05) is 20.8 Å². The largest absolute Gasteiger partial charge is 0.369 e. The number of benzene rings is 1. The first-order valence-electron chi connectivity index (χ1n) is 6.38. The van der Waals surface area contributed by atoms with Crippen molar-refractivity contribution in [1.29, 1.82) is 0 Å². The molecule has 0 aliphatic carbocycles. The van der Waals surface area contributed by atoms with Gasteiger partial charge in [-0.3, -0.25) is 4.79 Å². The van der Waals surface area contributed by atoms with Crippen LogP contribution in [0.3, 0.4) is 0 Å². The highest BCUT2D eigenvalue weighted by Gasteiger charge is 2.23. The fraction of sp³-hybridized carbons (Fsp3) is 0.357. The van der Waals surface area contributed by atoms with Crippen molar-refractivity contribution >= 4 is 29.1 Å². The average Bonchev–Trinajstić information content (AvgIpc) is 2.70. The molecule has 1 heterocycles. The second kappa shape index (κ2) is 5.66. The molecule has 5 nitrogen and oxygen atoms in total. The van der Waals surface area contributed by atoms with Gasteiger partial charge < -0.3 is 5.73 Å².